The van der Waals surface area contributed by atoms with Crippen LogP contribution in [0.5, 0.6) is 17.2 Å². The van der Waals surface area contributed by atoms with Crippen molar-refractivity contribution in [2.45, 2.75) is 0 Å². The fourth-order valence-electron chi connectivity index (χ4n) is 3.09. The van der Waals surface area contributed by atoms with Gasteiger partial charge in [0.1, 0.15) is 11.4 Å². The third-order valence-electron chi connectivity index (χ3n) is 4.62. The number of aromatic nitrogens is 2. The number of hydrogen-bond donors (Lipinski definition) is 1. The first-order valence-electron chi connectivity index (χ1n) is 9.38. The number of ether oxygens (including phenoxy) is 2. The van der Waals surface area contributed by atoms with Gasteiger partial charge in [-0.3, -0.25) is 4.99 Å². The van der Waals surface area contributed by atoms with Crippen molar-refractivity contribution < 1.29 is 14.6 Å². The van der Waals surface area contributed by atoms with E-state index in [1.165, 1.54) is 0 Å². The van der Waals surface area contributed by atoms with Crippen molar-refractivity contribution in [2.75, 3.05) is 14.2 Å². The van der Waals surface area contributed by atoms with Gasteiger partial charge < -0.3 is 14.6 Å². The molecule has 0 aliphatic rings. The molecule has 0 radical (unpaired) electrons. The van der Waals surface area contributed by atoms with Crippen LogP contribution in [-0.4, -0.2) is 35.3 Å². The van der Waals surface area contributed by atoms with Gasteiger partial charge in [0.25, 0.3) is 0 Å². The molecule has 1 heterocycles. The molecule has 6 nitrogen and oxygen atoms in total. The van der Waals surface area contributed by atoms with E-state index in [0.29, 0.717) is 11.5 Å². The van der Waals surface area contributed by atoms with Gasteiger partial charge in [0, 0.05) is 23.5 Å². The Hall–Kier alpha value is -4.06. The second-order valence-corrected chi connectivity index (χ2v) is 6.56. The molecule has 0 spiro atoms. The van der Waals surface area contributed by atoms with E-state index in [0.717, 1.165) is 28.2 Å². The molecule has 1 N–H and O–H groups in total. The molecular weight excluding hydrogens is 378 g/mol. The van der Waals surface area contributed by atoms with Gasteiger partial charge in [-0.25, -0.2) is 4.68 Å². The predicted octanol–water partition coefficient (Wildman–Crippen LogP) is 5.01. The fraction of sp³-hybridized carbons (Fsp3) is 0.0833. The largest absolute Gasteiger partial charge is 0.508 e. The van der Waals surface area contributed by atoms with Crippen LogP contribution >= 0.6 is 0 Å². The van der Waals surface area contributed by atoms with Crippen LogP contribution in [-0.2, 0) is 0 Å². The van der Waals surface area contributed by atoms with Crippen LogP contribution in [0.4, 0.5) is 5.69 Å². The lowest BCUT2D eigenvalue weighted by atomic mass is 10.1. The molecule has 0 aliphatic heterocycles. The van der Waals surface area contributed by atoms with Gasteiger partial charge in [-0.15, -0.1) is 0 Å². The Kier molecular flexibility index (Phi) is 5.48. The zero-order chi connectivity index (χ0) is 20.9. The average molecular weight is 399 g/mol. The number of hydrogen-bond acceptors (Lipinski definition) is 5. The molecule has 1 aromatic heterocycles. The fourth-order valence-corrected chi connectivity index (χ4v) is 3.09. The average Bonchev–Trinajstić information content (AvgIpc) is 3.23. The molecule has 0 aliphatic carbocycles. The van der Waals surface area contributed by atoms with Gasteiger partial charge in [0.05, 0.1) is 25.6 Å². The number of phenols is 1. The topological polar surface area (TPSA) is 68.9 Å². The normalized spacial score (nSPS) is 11.0. The Balaban J connectivity index is 1.79. The molecule has 30 heavy (non-hydrogen) atoms. The van der Waals surface area contributed by atoms with Crippen molar-refractivity contribution >= 4 is 11.9 Å². The Labute approximate surface area is 174 Å². The van der Waals surface area contributed by atoms with Gasteiger partial charge in [0.15, 0.2) is 11.5 Å². The molecular formula is C24H21N3O3. The molecule has 3 aromatic carbocycles. The van der Waals surface area contributed by atoms with Crippen molar-refractivity contribution in [3.63, 3.8) is 0 Å². The van der Waals surface area contributed by atoms with Gasteiger partial charge >= 0.3 is 0 Å². The second-order valence-electron chi connectivity index (χ2n) is 6.56. The maximum atomic E-state index is 9.47. The number of methoxy groups -OCH3 is 2. The number of benzene rings is 3. The number of aromatic hydroxyl groups is 1. The summed E-state index contributed by atoms with van der Waals surface area (Å²) >= 11 is 0. The third-order valence-corrected chi connectivity index (χ3v) is 4.62. The van der Waals surface area contributed by atoms with Gasteiger partial charge in [0.2, 0.25) is 0 Å². The standard InChI is InChI=1S/C24H21N3O3/c1-29-22-13-8-17(14-23(22)30-2)24-18(15-25-19-9-11-21(28)12-10-19)16-27(26-24)20-6-4-3-5-7-20/h3-16,28H,1-2H3. The third kappa shape index (κ3) is 4.03. The van der Waals surface area contributed by atoms with Crippen LogP contribution in [0.3, 0.4) is 0 Å². The highest BCUT2D eigenvalue weighted by atomic mass is 16.5. The lowest BCUT2D eigenvalue weighted by Gasteiger charge is -2.09. The maximum Gasteiger partial charge on any atom is 0.161 e. The lowest BCUT2D eigenvalue weighted by Crippen LogP contribution is -1.95. The Bertz CT molecular complexity index is 1170. The van der Waals surface area contributed by atoms with Crippen LogP contribution in [0.15, 0.2) is 84.0 Å². The van der Waals surface area contributed by atoms with Crippen LogP contribution in [0.2, 0.25) is 0 Å². The van der Waals surface area contributed by atoms with Crippen molar-refractivity contribution in [3.8, 4) is 34.2 Å². The highest BCUT2D eigenvalue weighted by Gasteiger charge is 2.14. The van der Waals surface area contributed by atoms with Crippen molar-refractivity contribution in [2.24, 2.45) is 4.99 Å². The summed E-state index contributed by atoms with van der Waals surface area (Å²) in [5.41, 5.74) is 4.18. The van der Waals surface area contributed by atoms with Gasteiger partial charge in [-0.1, -0.05) is 18.2 Å². The molecule has 4 rings (SSSR count). The monoisotopic (exact) mass is 399 g/mol. The number of aliphatic imine (C=N–C) groups is 1. The summed E-state index contributed by atoms with van der Waals surface area (Å²) in [7, 11) is 3.22. The molecule has 0 bridgehead atoms. The molecule has 0 saturated heterocycles. The van der Waals surface area contributed by atoms with Crippen molar-refractivity contribution in [1.82, 2.24) is 9.78 Å². The number of phenolic OH excluding ortho intramolecular Hbond substituents is 1. The predicted molar refractivity (Wildman–Crippen MR) is 117 cm³/mol. The number of rotatable bonds is 6. The van der Waals surface area contributed by atoms with Gasteiger partial charge in [-0.2, -0.15) is 5.10 Å². The van der Waals surface area contributed by atoms with Gasteiger partial charge in [-0.05, 0) is 54.6 Å². The number of para-hydroxylation sites is 1. The second kappa shape index (κ2) is 8.53. The quantitative estimate of drug-likeness (QED) is 0.463. The molecule has 0 saturated carbocycles. The first-order chi connectivity index (χ1) is 14.7. The zero-order valence-electron chi connectivity index (χ0n) is 16.7. The number of nitrogens with zero attached hydrogens (tertiary/aromatic N) is 3. The molecule has 0 amide bonds. The summed E-state index contributed by atoms with van der Waals surface area (Å²) in [6.07, 6.45) is 3.70. The highest BCUT2D eigenvalue weighted by molar-refractivity contribution is 5.90. The summed E-state index contributed by atoms with van der Waals surface area (Å²) in [5, 5.41) is 14.3. The van der Waals surface area contributed by atoms with Crippen molar-refractivity contribution in [1.29, 1.82) is 0 Å². The lowest BCUT2D eigenvalue weighted by molar-refractivity contribution is 0.355. The summed E-state index contributed by atoms with van der Waals surface area (Å²) in [6, 6.07) is 22.3. The molecule has 150 valence electrons. The van der Waals surface area contributed by atoms with Crippen LogP contribution in [0.25, 0.3) is 16.9 Å². The van der Waals surface area contributed by atoms with E-state index in [1.54, 1.807) is 44.7 Å². The van der Waals surface area contributed by atoms with Crippen LogP contribution in [0, 0.1) is 0 Å². The molecule has 0 unspecified atom stereocenters. The van der Waals surface area contributed by atoms with E-state index in [-0.39, 0.29) is 5.75 Å². The maximum absolute atomic E-state index is 9.47. The first-order valence-corrected chi connectivity index (χ1v) is 9.38. The van der Waals surface area contributed by atoms with Crippen LogP contribution < -0.4 is 9.47 Å². The van der Waals surface area contributed by atoms with E-state index in [9.17, 15) is 5.11 Å². The molecule has 0 fully saturated rings. The minimum absolute atomic E-state index is 0.205. The highest BCUT2D eigenvalue weighted by Crippen LogP contribution is 2.33. The molecule has 6 heteroatoms. The van der Waals surface area contributed by atoms with E-state index in [4.69, 9.17) is 14.6 Å². The minimum Gasteiger partial charge on any atom is -0.508 e. The van der Waals surface area contributed by atoms with Crippen molar-refractivity contribution in [3.05, 3.63) is 84.6 Å². The zero-order valence-corrected chi connectivity index (χ0v) is 16.7. The smallest absolute Gasteiger partial charge is 0.161 e. The van der Waals surface area contributed by atoms with E-state index in [1.807, 2.05) is 59.4 Å². The summed E-state index contributed by atoms with van der Waals surface area (Å²) in [5.74, 6) is 1.49. The van der Waals surface area contributed by atoms with E-state index < -0.39 is 0 Å². The summed E-state index contributed by atoms with van der Waals surface area (Å²) < 4.78 is 12.6. The van der Waals surface area contributed by atoms with E-state index in [2.05, 4.69) is 4.99 Å². The minimum atomic E-state index is 0.205. The van der Waals surface area contributed by atoms with E-state index >= 15 is 0 Å². The Morgan fingerprint density at radius 1 is 0.900 bits per heavy atom. The van der Waals surface area contributed by atoms with Crippen LogP contribution in [0.1, 0.15) is 5.56 Å². The molecule has 0 atom stereocenters. The first kappa shape index (κ1) is 19.3. The summed E-state index contributed by atoms with van der Waals surface area (Å²) in [6.45, 7) is 0. The summed E-state index contributed by atoms with van der Waals surface area (Å²) in [4.78, 5) is 4.54. The molecule has 4 aromatic rings. The Morgan fingerprint density at radius 3 is 2.33 bits per heavy atom. The SMILES string of the molecule is COc1ccc(-c2nn(-c3ccccc3)cc2C=Nc2ccc(O)cc2)cc1OC. The Morgan fingerprint density at radius 2 is 1.63 bits per heavy atom.